The molecule has 2 aromatic carbocycles. The Kier molecular flexibility index (Phi) is 6.53. The predicted molar refractivity (Wildman–Crippen MR) is 120 cm³/mol. The first-order valence-electron chi connectivity index (χ1n) is 10.3. The molecular formula is C25H31N3O. The average molecular weight is 390 g/mol. The zero-order valence-electron chi connectivity index (χ0n) is 18.2. The zero-order chi connectivity index (χ0) is 21.0. The number of aryl methyl sites for hydroxylation is 3. The summed E-state index contributed by atoms with van der Waals surface area (Å²) >= 11 is 0. The topological polar surface area (TPSA) is 46.9 Å². The Hall–Kier alpha value is -2.88. The van der Waals surface area contributed by atoms with Gasteiger partial charge in [0.2, 0.25) is 5.91 Å². The van der Waals surface area contributed by atoms with Crippen LogP contribution in [0.2, 0.25) is 0 Å². The highest BCUT2D eigenvalue weighted by atomic mass is 16.1. The van der Waals surface area contributed by atoms with E-state index in [9.17, 15) is 4.79 Å². The van der Waals surface area contributed by atoms with Crippen molar-refractivity contribution in [1.29, 1.82) is 0 Å². The predicted octanol–water partition coefficient (Wildman–Crippen LogP) is 4.94. The summed E-state index contributed by atoms with van der Waals surface area (Å²) in [5.41, 5.74) is 8.96. The summed E-state index contributed by atoms with van der Waals surface area (Å²) in [6.07, 6.45) is 5.00. The molecule has 0 saturated carbocycles. The number of hydrogen-bond acceptors (Lipinski definition) is 2. The maximum atomic E-state index is 11.6. The van der Waals surface area contributed by atoms with Crippen LogP contribution < -0.4 is 5.32 Å². The summed E-state index contributed by atoms with van der Waals surface area (Å²) in [6, 6.07) is 10.6. The van der Waals surface area contributed by atoms with Crippen molar-refractivity contribution in [3.63, 3.8) is 0 Å². The van der Waals surface area contributed by atoms with E-state index in [1.807, 2.05) is 13.0 Å². The van der Waals surface area contributed by atoms with Crippen molar-refractivity contribution in [3.05, 3.63) is 76.1 Å². The van der Waals surface area contributed by atoms with E-state index in [0.29, 0.717) is 6.54 Å². The minimum atomic E-state index is -0.0394. The van der Waals surface area contributed by atoms with E-state index in [1.165, 1.54) is 33.3 Å². The lowest BCUT2D eigenvalue weighted by Gasteiger charge is -2.18. The van der Waals surface area contributed by atoms with Crippen LogP contribution in [0.25, 0.3) is 11.0 Å². The van der Waals surface area contributed by atoms with Gasteiger partial charge in [-0.05, 0) is 87.1 Å². The summed E-state index contributed by atoms with van der Waals surface area (Å²) in [7, 11) is 0. The number of amides is 1. The number of para-hydroxylation sites is 2. The first kappa shape index (κ1) is 20.8. The molecule has 0 unspecified atom stereocenters. The van der Waals surface area contributed by atoms with Gasteiger partial charge < -0.3 is 9.88 Å². The van der Waals surface area contributed by atoms with Gasteiger partial charge >= 0.3 is 0 Å². The van der Waals surface area contributed by atoms with Gasteiger partial charge in [0.05, 0.1) is 11.0 Å². The monoisotopic (exact) mass is 389 g/mol. The molecule has 1 aromatic heterocycles. The molecule has 0 bridgehead atoms. The Bertz CT molecular complexity index is 1030. The number of nitrogens with zero attached hydrogens (tertiary/aromatic N) is 2. The molecule has 1 N–H and O–H groups in total. The molecule has 0 atom stereocenters. The third-order valence-electron chi connectivity index (χ3n) is 5.77. The van der Waals surface area contributed by atoms with Gasteiger partial charge in [0, 0.05) is 19.5 Å². The highest BCUT2D eigenvalue weighted by molar-refractivity contribution is 5.87. The normalized spacial score (nSPS) is 11.5. The van der Waals surface area contributed by atoms with E-state index in [2.05, 4.69) is 61.8 Å². The van der Waals surface area contributed by atoms with Crippen LogP contribution in [-0.2, 0) is 17.8 Å². The van der Waals surface area contributed by atoms with Crippen LogP contribution in [0.15, 0.2) is 42.5 Å². The lowest BCUT2D eigenvalue weighted by Crippen LogP contribution is -2.22. The smallest absolute Gasteiger partial charge is 0.243 e. The molecule has 0 spiro atoms. The minimum absolute atomic E-state index is 0.0394. The molecule has 1 heterocycles. The number of hydrogen-bond donors (Lipinski definition) is 1. The lowest BCUT2D eigenvalue weighted by molar-refractivity contribution is -0.116. The molecule has 4 nitrogen and oxygen atoms in total. The van der Waals surface area contributed by atoms with E-state index in [-0.39, 0.29) is 5.91 Å². The molecule has 3 aromatic rings. The number of carbonyl (C=O) groups excluding carboxylic acids is 1. The molecule has 0 radical (unpaired) electrons. The van der Waals surface area contributed by atoms with Crippen LogP contribution in [0.1, 0.15) is 47.0 Å². The quantitative estimate of drug-likeness (QED) is 0.459. The standard InChI is InChI=1S/C25H31N3O/c1-6-10-25(29)26-14-9-13-24-27-22-11-7-8-12-23(22)28(24)16-21-19(4)17(2)15-18(3)20(21)5/h6-8,10-12,15H,9,13-14,16H2,1-5H3,(H,26,29)/b10-6-. The Morgan fingerprint density at radius 1 is 1.10 bits per heavy atom. The molecule has 29 heavy (non-hydrogen) atoms. The summed E-state index contributed by atoms with van der Waals surface area (Å²) in [5, 5.41) is 2.93. The minimum Gasteiger partial charge on any atom is -0.353 e. The first-order valence-corrected chi connectivity index (χ1v) is 10.3. The molecule has 4 heteroatoms. The van der Waals surface area contributed by atoms with Crippen LogP contribution in [-0.4, -0.2) is 22.0 Å². The van der Waals surface area contributed by atoms with Crippen molar-refractivity contribution < 1.29 is 4.79 Å². The van der Waals surface area contributed by atoms with Crippen molar-refractivity contribution in [2.24, 2.45) is 0 Å². The summed E-state index contributed by atoms with van der Waals surface area (Å²) in [5.74, 6) is 1.03. The molecule has 0 fully saturated rings. The SMILES string of the molecule is C/C=C\C(=O)NCCCc1nc2ccccc2n1Cc1c(C)c(C)cc(C)c1C. The van der Waals surface area contributed by atoms with Crippen molar-refractivity contribution in [2.45, 2.75) is 54.0 Å². The van der Waals surface area contributed by atoms with Crippen molar-refractivity contribution in [2.75, 3.05) is 6.54 Å². The number of imidazole rings is 1. The van der Waals surface area contributed by atoms with Crippen LogP contribution in [0, 0.1) is 27.7 Å². The Morgan fingerprint density at radius 3 is 2.48 bits per heavy atom. The summed E-state index contributed by atoms with van der Waals surface area (Å²) in [6.45, 7) is 12.1. The molecular weight excluding hydrogens is 358 g/mol. The molecule has 1 amide bonds. The molecule has 3 rings (SSSR count). The number of benzene rings is 2. The zero-order valence-corrected chi connectivity index (χ0v) is 18.2. The fourth-order valence-corrected chi connectivity index (χ4v) is 3.85. The van der Waals surface area contributed by atoms with E-state index >= 15 is 0 Å². The Balaban J connectivity index is 1.89. The number of fused-ring (bicyclic) bond motifs is 1. The fraction of sp³-hybridized carbons (Fsp3) is 0.360. The second-order valence-corrected chi connectivity index (χ2v) is 7.74. The summed E-state index contributed by atoms with van der Waals surface area (Å²) < 4.78 is 2.34. The van der Waals surface area contributed by atoms with E-state index in [1.54, 1.807) is 12.2 Å². The van der Waals surface area contributed by atoms with Gasteiger partial charge in [0.25, 0.3) is 0 Å². The van der Waals surface area contributed by atoms with Crippen LogP contribution in [0.4, 0.5) is 0 Å². The number of carbonyl (C=O) groups is 1. The maximum absolute atomic E-state index is 11.6. The van der Waals surface area contributed by atoms with E-state index in [0.717, 1.165) is 30.7 Å². The molecule has 0 aliphatic carbocycles. The molecule has 152 valence electrons. The number of nitrogens with one attached hydrogen (secondary N) is 1. The van der Waals surface area contributed by atoms with Crippen LogP contribution in [0.3, 0.4) is 0 Å². The third kappa shape index (κ3) is 4.58. The van der Waals surface area contributed by atoms with Gasteiger partial charge in [-0.25, -0.2) is 4.98 Å². The van der Waals surface area contributed by atoms with Gasteiger partial charge in [0.15, 0.2) is 0 Å². The largest absolute Gasteiger partial charge is 0.353 e. The van der Waals surface area contributed by atoms with E-state index in [4.69, 9.17) is 4.98 Å². The van der Waals surface area contributed by atoms with Crippen molar-refractivity contribution in [1.82, 2.24) is 14.9 Å². The number of aromatic nitrogens is 2. The molecule has 0 aliphatic heterocycles. The maximum Gasteiger partial charge on any atom is 0.243 e. The fourth-order valence-electron chi connectivity index (χ4n) is 3.85. The van der Waals surface area contributed by atoms with Gasteiger partial charge in [-0.1, -0.05) is 24.3 Å². The van der Waals surface area contributed by atoms with Crippen molar-refractivity contribution in [3.8, 4) is 0 Å². The number of allylic oxidation sites excluding steroid dienone is 1. The van der Waals surface area contributed by atoms with Crippen molar-refractivity contribution >= 4 is 16.9 Å². The highest BCUT2D eigenvalue weighted by Crippen LogP contribution is 2.25. The van der Waals surface area contributed by atoms with Gasteiger partial charge in [-0.15, -0.1) is 0 Å². The molecule has 0 aliphatic rings. The van der Waals surface area contributed by atoms with E-state index < -0.39 is 0 Å². The highest BCUT2D eigenvalue weighted by Gasteiger charge is 2.15. The number of rotatable bonds is 7. The Labute approximate surface area is 173 Å². The van der Waals surface area contributed by atoms with Crippen LogP contribution >= 0.6 is 0 Å². The summed E-state index contributed by atoms with van der Waals surface area (Å²) in [4.78, 5) is 16.5. The van der Waals surface area contributed by atoms with Gasteiger partial charge in [-0.3, -0.25) is 4.79 Å². The van der Waals surface area contributed by atoms with Crippen LogP contribution in [0.5, 0.6) is 0 Å². The van der Waals surface area contributed by atoms with Gasteiger partial charge in [-0.2, -0.15) is 0 Å². The molecule has 0 saturated heterocycles. The first-order chi connectivity index (χ1) is 13.9. The third-order valence-corrected chi connectivity index (χ3v) is 5.77. The Morgan fingerprint density at radius 2 is 1.79 bits per heavy atom. The lowest BCUT2D eigenvalue weighted by atomic mass is 9.94. The second kappa shape index (κ2) is 9.08. The second-order valence-electron chi connectivity index (χ2n) is 7.74. The van der Waals surface area contributed by atoms with Gasteiger partial charge in [0.1, 0.15) is 5.82 Å². The average Bonchev–Trinajstić information content (AvgIpc) is 3.04.